The minimum Gasteiger partial charge on any atom is -0.382 e. The van der Waals surface area contributed by atoms with E-state index >= 15 is 0 Å². The third kappa shape index (κ3) is 1.58. The van der Waals surface area contributed by atoms with E-state index in [9.17, 15) is 4.39 Å². The topological polar surface area (TPSA) is 12.0 Å². The average Bonchev–Trinajstić information content (AvgIpc) is 2.57. The summed E-state index contributed by atoms with van der Waals surface area (Å²) in [6, 6.07) is 5.19. The molecule has 1 N–H and O–H groups in total. The van der Waals surface area contributed by atoms with E-state index in [4.69, 9.17) is 0 Å². The molecule has 0 fully saturated rings. The van der Waals surface area contributed by atoms with E-state index < -0.39 is 0 Å². The molecule has 0 radical (unpaired) electrons. The Morgan fingerprint density at radius 3 is 2.75 bits per heavy atom. The van der Waals surface area contributed by atoms with E-state index in [2.05, 4.69) is 5.32 Å². The van der Waals surface area contributed by atoms with Gasteiger partial charge in [0.2, 0.25) is 0 Å². The number of anilines is 1. The van der Waals surface area contributed by atoms with Gasteiger partial charge in [0.25, 0.3) is 0 Å². The quantitative estimate of drug-likeness (QED) is 0.626. The van der Waals surface area contributed by atoms with Gasteiger partial charge in [0, 0.05) is 6.54 Å². The van der Waals surface area contributed by atoms with E-state index in [0.29, 0.717) is 5.69 Å². The molecule has 1 aliphatic heterocycles. The molecule has 2 rings (SSSR count). The van der Waals surface area contributed by atoms with E-state index in [-0.39, 0.29) is 5.82 Å². The summed E-state index contributed by atoms with van der Waals surface area (Å²) >= 11 is 0. The summed E-state index contributed by atoms with van der Waals surface area (Å²) in [5.74, 6) is -0.130. The van der Waals surface area contributed by atoms with Crippen molar-refractivity contribution in [2.75, 3.05) is 11.9 Å². The van der Waals surface area contributed by atoms with Crippen LogP contribution in [0.4, 0.5) is 10.1 Å². The molecule has 0 unspecified atom stereocenters. The Morgan fingerprint density at radius 1 is 1.33 bits per heavy atom. The summed E-state index contributed by atoms with van der Waals surface area (Å²) < 4.78 is 12.8. The summed E-state index contributed by atoms with van der Waals surface area (Å²) in [6.07, 6.45) is 0.951. The van der Waals surface area contributed by atoms with Gasteiger partial charge in [0.1, 0.15) is 5.82 Å². The van der Waals surface area contributed by atoms with E-state index in [1.165, 1.54) is 6.07 Å². The summed E-state index contributed by atoms with van der Waals surface area (Å²) in [6.45, 7) is 4.87. The van der Waals surface area contributed by atoms with Gasteiger partial charge in [-0.15, -0.1) is 0 Å². The highest BCUT2D eigenvalue weighted by molar-refractivity contribution is 5.56. The second-order valence-electron chi connectivity index (χ2n) is 2.45. The number of hydrogen-bond acceptors (Lipinski definition) is 1. The molecular weight excluding hydrogens is 153 g/mol. The average molecular weight is 167 g/mol. The van der Waals surface area contributed by atoms with Crippen LogP contribution in [-0.2, 0) is 6.42 Å². The van der Waals surface area contributed by atoms with E-state index in [0.717, 1.165) is 18.5 Å². The Balaban J connectivity index is 0.000000336. The van der Waals surface area contributed by atoms with Crippen molar-refractivity contribution in [3.05, 3.63) is 29.6 Å². The lowest BCUT2D eigenvalue weighted by Crippen LogP contribution is -1.92. The van der Waals surface area contributed by atoms with Crippen molar-refractivity contribution >= 4 is 5.69 Å². The number of halogens is 1. The van der Waals surface area contributed by atoms with Crippen LogP contribution in [0.15, 0.2) is 18.2 Å². The van der Waals surface area contributed by atoms with Crippen molar-refractivity contribution < 1.29 is 4.39 Å². The molecule has 12 heavy (non-hydrogen) atoms. The first-order valence-corrected chi connectivity index (χ1v) is 4.39. The van der Waals surface area contributed by atoms with Gasteiger partial charge in [-0.3, -0.25) is 0 Å². The van der Waals surface area contributed by atoms with Crippen LogP contribution >= 0.6 is 0 Å². The van der Waals surface area contributed by atoms with Crippen LogP contribution in [0.25, 0.3) is 0 Å². The first kappa shape index (κ1) is 9.04. The normalized spacial score (nSPS) is 12.6. The summed E-state index contributed by atoms with van der Waals surface area (Å²) in [5.41, 5.74) is 1.79. The third-order valence-electron chi connectivity index (χ3n) is 1.80. The third-order valence-corrected chi connectivity index (χ3v) is 1.80. The lowest BCUT2D eigenvalue weighted by atomic mass is 10.2. The number of hydrogen-bond donors (Lipinski definition) is 1. The molecule has 0 aromatic heterocycles. The Bertz CT molecular complexity index is 258. The maximum Gasteiger partial charge on any atom is 0.146 e. The van der Waals surface area contributed by atoms with Crippen LogP contribution in [0, 0.1) is 5.82 Å². The first-order valence-electron chi connectivity index (χ1n) is 4.39. The smallest absolute Gasteiger partial charge is 0.146 e. The van der Waals surface area contributed by atoms with Gasteiger partial charge in [-0.25, -0.2) is 4.39 Å². The van der Waals surface area contributed by atoms with Crippen LogP contribution in [0.3, 0.4) is 0 Å². The number of fused-ring (bicyclic) bond motifs is 1. The summed E-state index contributed by atoms with van der Waals surface area (Å²) in [4.78, 5) is 0. The Labute approximate surface area is 72.6 Å². The highest BCUT2D eigenvalue weighted by atomic mass is 19.1. The van der Waals surface area contributed by atoms with Crippen molar-refractivity contribution in [3.63, 3.8) is 0 Å². The Morgan fingerprint density at radius 2 is 2.08 bits per heavy atom. The second kappa shape index (κ2) is 4.10. The Hall–Kier alpha value is -1.05. The van der Waals surface area contributed by atoms with Crippen molar-refractivity contribution in [1.29, 1.82) is 0 Å². The molecule has 0 spiro atoms. The van der Waals surface area contributed by atoms with Crippen LogP contribution in [0.1, 0.15) is 19.4 Å². The summed E-state index contributed by atoms with van der Waals surface area (Å²) in [7, 11) is 0. The molecule has 1 nitrogen and oxygen atoms in total. The largest absolute Gasteiger partial charge is 0.382 e. The molecular formula is C10H14FN. The monoisotopic (exact) mass is 167 g/mol. The maximum absolute atomic E-state index is 12.8. The molecule has 1 aliphatic rings. The van der Waals surface area contributed by atoms with Crippen molar-refractivity contribution in [2.45, 2.75) is 20.3 Å². The molecule has 1 heterocycles. The fraction of sp³-hybridized carbons (Fsp3) is 0.400. The molecule has 0 aliphatic carbocycles. The predicted octanol–water partition coefficient (Wildman–Crippen LogP) is 2.82. The van der Waals surface area contributed by atoms with Crippen LogP contribution in [-0.4, -0.2) is 6.54 Å². The highest BCUT2D eigenvalue weighted by Gasteiger charge is 2.12. The van der Waals surface area contributed by atoms with Gasteiger partial charge in [-0.05, 0) is 18.1 Å². The Kier molecular flexibility index (Phi) is 3.09. The molecule has 0 saturated heterocycles. The number of rotatable bonds is 0. The molecule has 1 aromatic carbocycles. The van der Waals surface area contributed by atoms with Crippen LogP contribution in [0.2, 0.25) is 0 Å². The zero-order chi connectivity index (χ0) is 8.97. The SMILES string of the molecule is CC.Fc1cccc2c1NCC2. The highest BCUT2D eigenvalue weighted by Crippen LogP contribution is 2.24. The first-order chi connectivity index (χ1) is 5.88. The zero-order valence-electron chi connectivity index (χ0n) is 7.52. The van der Waals surface area contributed by atoms with Gasteiger partial charge >= 0.3 is 0 Å². The molecule has 0 saturated carbocycles. The number of nitrogens with one attached hydrogen (secondary N) is 1. The van der Waals surface area contributed by atoms with Crippen LogP contribution in [0.5, 0.6) is 0 Å². The number of para-hydroxylation sites is 1. The van der Waals surface area contributed by atoms with Gasteiger partial charge in [0.05, 0.1) is 5.69 Å². The number of benzene rings is 1. The zero-order valence-corrected chi connectivity index (χ0v) is 7.52. The predicted molar refractivity (Wildman–Crippen MR) is 49.9 cm³/mol. The van der Waals surface area contributed by atoms with Crippen molar-refractivity contribution in [1.82, 2.24) is 0 Å². The minimum absolute atomic E-state index is 0.130. The fourth-order valence-electron chi connectivity index (χ4n) is 1.30. The molecule has 0 atom stereocenters. The molecule has 0 amide bonds. The lowest BCUT2D eigenvalue weighted by molar-refractivity contribution is 0.631. The molecule has 1 aromatic rings. The van der Waals surface area contributed by atoms with Gasteiger partial charge < -0.3 is 5.32 Å². The van der Waals surface area contributed by atoms with Crippen LogP contribution < -0.4 is 5.32 Å². The molecule has 0 bridgehead atoms. The molecule has 2 heteroatoms. The molecule has 66 valence electrons. The lowest BCUT2D eigenvalue weighted by Gasteiger charge is -1.98. The summed E-state index contributed by atoms with van der Waals surface area (Å²) in [5, 5.41) is 2.99. The second-order valence-corrected chi connectivity index (χ2v) is 2.45. The van der Waals surface area contributed by atoms with E-state index in [1.807, 2.05) is 19.9 Å². The van der Waals surface area contributed by atoms with E-state index in [1.54, 1.807) is 6.07 Å². The maximum atomic E-state index is 12.8. The fourth-order valence-corrected chi connectivity index (χ4v) is 1.30. The van der Waals surface area contributed by atoms with Crippen molar-refractivity contribution in [2.24, 2.45) is 0 Å². The van der Waals surface area contributed by atoms with Crippen molar-refractivity contribution in [3.8, 4) is 0 Å². The standard InChI is InChI=1S/C8H8FN.C2H6/c9-7-3-1-2-6-4-5-10-8(6)7;1-2/h1-3,10H,4-5H2;1-2H3. The van der Waals surface area contributed by atoms with Gasteiger partial charge in [-0.2, -0.15) is 0 Å². The van der Waals surface area contributed by atoms with Gasteiger partial charge in [0.15, 0.2) is 0 Å². The van der Waals surface area contributed by atoms with Gasteiger partial charge in [-0.1, -0.05) is 26.0 Å². The minimum atomic E-state index is -0.130.